The summed E-state index contributed by atoms with van der Waals surface area (Å²) < 4.78 is 31.6. The van der Waals surface area contributed by atoms with Gasteiger partial charge in [-0.2, -0.15) is 0 Å². The maximum absolute atomic E-state index is 11.5. The van der Waals surface area contributed by atoms with Gasteiger partial charge in [0.15, 0.2) is 0 Å². The van der Waals surface area contributed by atoms with E-state index in [1.807, 2.05) is 0 Å². The molecule has 0 saturated carbocycles. The average molecular weight is 262 g/mol. The fourth-order valence-corrected chi connectivity index (χ4v) is 2.95. The fourth-order valence-electron chi connectivity index (χ4n) is 1.77. The van der Waals surface area contributed by atoms with E-state index in [9.17, 15) is 4.57 Å². The fraction of sp³-hybridized carbons (Fsp3) is 0.818. The Morgan fingerprint density at radius 2 is 1.94 bits per heavy atom. The zero-order valence-corrected chi connectivity index (χ0v) is 11.0. The van der Waals surface area contributed by atoms with E-state index in [1.54, 1.807) is 0 Å². The maximum Gasteiger partial charge on any atom is 0.590 e. The Morgan fingerprint density at radius 1 is 1.18 bits per heavy atom. The van der Waals surface area contributed by atoms with Crippen molar-refractivity contribution >= 4 is 7.82 Å². The molecule has 17 heavy (non-hydrogen) atoms. The predicted octanol–water partition coefficient (Wildman–Crippen LogP) is 3.72. The molecule has 0 radical (unpaired) electrons. The van der Waals surface area contributed by atoms with Crippen LogP contribution in [0.2, 0.25) is 0 Å². The van der Waals surface area contributed by atoms with Gasteiger partial charge in [-0.3, -0.25) is 4.52 Å². The number of fused-ring (bicyclic) bond motifs is 2. The number of hydrogen-bond donors (Lipinski definition) is 0. The molecule has 1 saturated heterocycles. The van der Waals surface area contributed by atoms with Crippen molar-refractivity contribution in [1.82, 2.24) is 0 Å². The standard InChI is InChI=1S/C11H19O5P/c1-2-3-4-5-6-7-8-13-11-10-9-14-17(12,15-10)16-11/h2-9H2,1H3. The van der Waals surface area contributed by atoms with Gasteiger partial charge in [0.1, 0.15) is 6.61 Å². The van der Waals surface area contributed by atoms with E-state index in [4.69, 9.17) is 18.3 Å². The summed E-state index contributed by atoms with van der Waals surface area (Å²) >= 11 is 0. The highest BCUT2D eigenvalue weighted by Crippen LogP contribution is 2.63. The molecule has 2 aliphatic heterocycles. The lowest BCUT2D eigenvalue weighted by molar-refractivity contribution is 0.0826. The lowest BCUT2D eigenvalue weighted by Gasteiger charge is -2.10. The van der Waals surface area contributed by atoms with Gasteiger partial charge in [-0.05, 0) is 6.42 Å². The quantitative estimate of drug-likeness (QED) is 0.493. The first-order valence-corrected chi connectivity index (χ1v) is 7.69. The summed E-state index contributed by atoms with van der Waals surface area (Å²) in [7, 11) is -3.30. The average Bonchev–Trinajstić information content (AvgIpc) is 2.83. The normalized spacial score (nSPS) is 25.9. The van der Waals surface area contributed by atoms with Crippen LogP contribution in [-0.2, 0) is 22.9 Å². The molecule has 6 heteroatoms. The first-order chi connectivity index (χ1) is 8.23. The highest BCUT2D eigenvalue weighted by Gasteiger charge is 2.49. The lowest BCUT2D eigenvalue weighted by Crippen LogP contribution is -2.02. The molecule has 0 aliphatic carbocycles. The topological polar surface area (TPSA) is 54.0 Å². The summed E-state index contributed by atoms with van der Waals surface area (Å²) in [6, 6.07) is 0. The van der Waals surface area contributed by atoms with Gasteiger partial charge in [0.05, 0.1) is 6.61 Å². The van der Waals surface area contributed by atoms with Crippen LogP contribution in [0.1, 0.15) is 45.4 Å². The molecule has 0 spiro atoms. The maximum atomic E-state index is 11.5. The second kappa shape index (κ2) is 5.78. The largest absolute Gasteiger partial charge is 0.590 e. The Bertz CT molecular complexity index is 339. The Hall–Kier alpha value is -0.670. The van der Waals surface area contributed by atoms with Crippen LogP contribution in [0.4, 0.5) is 0 Å². The molecule has 2 rings (SSSR count). The van der Waals surface area contributed by atoms with Gasteiger partial charge in [-0.15, -0.1) is 0 Å². The van der Waals surface area contributed by atoms with Crippen molar-refractivity contribution in [2.45, 2.75) is 45.4 Å². The Labute approximate surface area is 102 Å². The van der Waals surface area contributed by atoms with Crippen molar-refractivity contribution in [3.63, 3.8) is 0 Å². The monoisotopic (exact) mass is 262 g/mol. The summed E-state index contributed by atoms with van der Waals surface area (Å²) in [5.41, 5.74) is 0. The van der Waals surface area contributed by atoms with Gasteiger partial charge in [0, 0.05) is 0 Å². The Kier molecular flexibility index (Phi) is 4.35. The number of ether oxygens (including phenoxy) is 1. The summed E-state index contributed by atoms with van der Waals surface area (Å²) in [6.07, 6.45) is 7.21. The number of phosphoric ester groups is 1. The molecular formula is C11H19O5P. The third-order valence-electron chi connectivity index (χ3n) is 2.73. The van der Waals surface area contributed by atoms with Crippen molar-refractivity contribution in [3.8, 4) is 0 Å². The first kappa shape index (κ1) is 12.8. The zero-order valence-electron chi connectivity index (χ0n) is 10.1. The second-order valence-corrected chi connectivity index (χ2v) is 5.75. The molecule has 0 aromatic carbocycles. The lowest BCUT2D eigenvalue weighted by atomic mass is 10.1. The summed E-state index contributed by atoms with van der Waals surface area (Å²) in [4.78, 5) is 0. The Balaban J connectivity index is 1.56. The van der Waals surface area contributed by atoms with Crippen LogP contribution in [0.15, 0.2) is 11.7 Å². The third kappa shape index (κ3) is 3.39. The summed E-state index contributed by atoms with van der Waals surface area (Å²) in [6.45, 7) is 2.98. The molecule has 1 fully saturated rings. The smallest absolute Gasteiger partial charge is 0.463 e. The number of rotatable bonds is 8. The molecule has 0 aromatic rings. The van der Waals surface area contributed by atoms with E-state index < -0.39 is 7.82 Å². The number of unbranched alkanes of at least 4 members (excludes halogenated alkanes) is 5. The first-order valence-electron chi connectivity index (χ1n) is 6.23. The Morgan fingerprint density at radius 3 is 2.59 bits per heavy atom. The molecule has 5 nitrogen and oxygen atoms in total. The molecule has 1 unspecified atom stereocenters. The second-order valence-electron chi connectivity index (χ2n) is 4.23. The summed E-state index contributed by atoms with van der Waals surface area (Å²) in [5, 5.41) is 0. The van der Waals surface area contributed by atoms with Crippen LogP contribution in [0.3, 0.4) is 0 Å². The van der Waals surface area contributed by atoms with Gasteiger partial charge >= 0.3 is 13.8 Å². The van der Waals surface area contributed by atoms with Crippen molar-refractivity contribution in [2.24, 2.45) is 0 Å². The molecule has 2 heterocycles. The van der Waals surface area contributed by atoms with Crippen LogP contribution in [0, 0.1) is 0 Å². The molecule has 0 N–H and O–H groups in total. The van der Waals surface area contributed by atoms with E-state index in [-0.39, 0.29) is 12.6 Å². The molecular weight excluding hydrogens is 243 g/mol. The minimum absolute atomic E-state index is 0.198. The van der Waals surface area contributed by atoms with Gasteiger partial charge in [0.25, 0.3) is 0 Å². The van der Waals surface area contributed by atoms with Gasteiger partial charge in [-0.1, -0.05) is 39.0 Å². The van der Waals surface area contributed by atoms with E-state index in [0.29, 0.717) is 12.4 Å². The van der Waals surface area contributed by atoms with Gasteiger partial charge in [0.2, 0.25) is 5.76 Å². The van der Waals surface area contributed by atoms with Crippen molar-refractivity contribution in [2.75, 3.05) is 13.2 Å². The minimum Gasteiger partial charge on any atom is -0.463 e. The summed E-state index contributed by atoms with van der Waals surface area (Å²) in [5.74, 6) is 0.687. The van der Waals surface area contributed by atoms with Crippen LogP contribution >= 0.6 is 7.82 Å². The van der Waals surface area contributed by atoms with Crippen molar-refractivity contribution in [1.29, 1.82) is 0 Å². The van der Waals surface area contributed by atoms with E-state index >= 15 is 0 Å². The molecule has 98 valence electrons. The van der Waals surface area contributed by atoms with E-state index in [1.165, 1.54) is 25.7 Å². The SMILES string of the molecule is CCCCCCCCOC1=C2COP(=O)(O2)O1. The van der Waals surface area contributed by atoms with Crippen LogP contribution in [0.25, 0.3) is 0 Å². The molecule has 1 atom stereocenters. The van der Waals surface area contributed by atoms with Crippen LogP contribution < -0.4 is 0 Å². The third-order valence-corrected chi connectivity index (χ3v) is 4.01. The zero-order chi connectivity index (χ0) is 12.1. The van der Waals surface area contributed by atoms with E-state index in [2.05, 4.69) is 6.92 Å². The highest BCUT2D eigenvalue weighted by molar-refractivity contribution is 7.49. The molecule has 2 aliphatic rings. The van der Waals surface area contributed by atoms with Crippen LogP contribution in [0.5, 0.6) is 0 Å². The van der Waals surface area contributed by atoms with E-state index in [0.717, 1.165) is 12.8 Å². The molecule has 0 amide bonds. The van der Waals surface area contributed by atoms with Crippen LogP contribution in [-0.4, -0.2) is 13.2 Å². The molecule has 0 aromatic heterocycles. The van der Waals surface area contributed by atoms with Crippen molar-refractivity contribution in [3.05, 3.63) is 11.7 Å². The molecule has 2 bridgehead atoms. The van der Waals surface area contributed by atoms with Gasteiger partial charge < -0.3 is 13.8 Å². The number of phosphoric acid groups is 1. The van der Waals surface area contributed by atoms with Gasteiger partial charge in [-0.25, -0.2) is 4.57 Å². The number of hydrogen-bond acceptors (Lipinski definition) is 5. The highest BCUT2D eigenvalue weighted by atomic mass is 31.2. The minimum atomic E-state index is -3.30. The predicted molar refractivity (Wildman–Crippen MR) is 62.1 cm³/mol. The van der Waals surface area contributed by atoms with Crippen molar-refractivity contribution < 1.29 is 22.9 Å².